The minimum Gasteiger partial charge on any atom is -0.378 e. The van der Waals surface area contributed by atoms with Gasteiger partial charge in [-0.2, -0.15) is 0 Å². The van der Waals surface area contributed by atoms with Crippen LogP contribution in [0.3, 0.4) is 0 Å². The van der Waals surface area contributed by atoms with Crippen LogP contribution >= 0.6 is 11.3 Å². The monoisotopic (exact) mass is 311 g/mol. The molecule has 4 rings (SSSR count). The molecule has 112 valence electrons. The van der Waals surface area contributed by atoms with E-state index in [1.54, 1.807) is 11.3 Å². The number of aromatic nitrogens is 2. The summed E-state index contributed by atoms with van der Waals surface area (Å²) in [6, 6.07) is 12.4. The van der Waals surface area contributed by atoms with E-state index in [1.807, 2.05) is 18.2 Å². The molecule has 0 radical (unpaired) electrons. The van der Waals surface area contributed by atoms with Crippen molar-refractivity contribution < 1.29 is 4.74 Å². The summed E-state index contributed by atoms with van der Waals surface area (Å²) in [5.74, 6) is 1.84. The lowest BCUT2D eigenvalue weighted by Gasteiger charge is -2.28. The van der Waals surface area contributed by atoms with E-state index in [2.05, 4.69) is 30.0 Å². The highest BCUT2D eigenvalue weighted by molar-refractivity contribution is 7.18. The van der Waals surface area contributed by atoms with Crippen molar-refractivity contribution in [2.24, 2.45) is 0 Å². The standard InChI is InChI=1S/C17H17N3OS/c1-12-11-14-16(20-7-9-21-10-8-20)18-15(19-17(14)22-12)13-5-3-2-4-6-13/h2-6,11H,7-10H2,1H3. The van der Waals surface area contributed by atoms with Crippen molar-refractivity contribution in [2.45, 2.75) is 6.92 Å². The van der Waals surface area contributed by atoms with Crippen molar-refractivity contribution in [1.82, 2.24) is 9.97 Å². The number of nitrogens with zero attached hydrogens (tertiary/aromatic N) is 3. The summed E-state index contributed by atoms with van der Waals surface area (Å²) in [6.45, 7) is 5.41. The molecule has 1 aliphatic heterocycles. The molecule has 0 atom stereocenters. The highest BCUT2D eigenvalue weighted by Crippen LogP contribution is 2.33. The molecule has 5 heteroatoms. The number of rotatable bonds is 2. The Morgan fingerprint density at radius 2 is 1.86 bits per heavy atom. The van der Waals surface area contributed by atoms with Crippen LogP contribution in [-0.2, 0) is 4.74 Å². The zero-order chi connectivity index (χ0) is 14.9. The Morgan fingerprint density at radius 3 is 2.64 bits per heavy atom. The maximum atomic E-state index is 5.47. The second-order valence-corrected chi connectivity index (χ2v) is 6.65. The summed E-state index contributed by atoms with van der Waals surface area (Å²) in [5, 5.41) is 1.16. The fourth-order valence-electron chi connectivity index (χ4n) is 2.76. The summed E-state index contributed by atoms with van der Waals surface area (Å²) in [4.78, 5) is 14.3. The number of morpholine rings is 1. The van der Waals surface area contributed by atoms with Crippen LogP contribution in [0.25, 0.3) is 21.6 Å². The third kappa shape index (κ3) is 2.46. The van der Waals surface area contributed by atoms with Crippen molar-refractivity contribution in [2.75, 3.05) is 31.2 Å². The van der Waals surface area contributed by atoms with Crippen molar-refractivity contribution in [1.29, 1.82) is 0 Å². The molecule has 0 unspecified atom stereocenters. The normalized spacial score (nSPS) is 15.4. The quantitative estimate of drug-likeness (QED) is 0.726. The van der Waals surface area contributed by atoms with E-state index in [-0.39, 0.29) is 0 Å². The fourth-order valence-corrected chi connectivity index (χ4v) is 3.63. The molecule has 3 aromatic rings. The van der Waals surface area contributed by atoms with Gasteiger partial charge in [0.25, 0.3) is 0 Å². The van der Waals surface area contributed by atoms with E-state index in [0.29, 0.717) is 0 Å². The molecular weight excluding hydrogens is 294 g/mol. The Kier molecular flexibility index (Phi) is 3.52. The van der Waals surface area contributed by atoms with E-state index in [9.17, 15) is 0 Å². The van der Waals surface area contributed by atoms with Gasteiger partial charge >= 0.3 is 0 Å². The van der Waals surface area contributed by atoms with Gasteiger partial charge < -0.3 is 9.64 Å². The maximum Gasteiger partial charge on any atom is 0.163 e. The van der Waals surface area contributed by atoms with Crippen LogP contribution < -0.4 is 4.90 Å². The molecule has 22 heavy (non-hydrogen) atoms. The van der Waals surface area contributed by atoms with E-state index in [1.165, 1.54) is 4.88 Å². The Labute approximate surface area is 133 Å². The van der Waals surface area contributed by atoms with E-state index < -0.39 is 0 Å². The van der Waals surface area contributed by atoms with Crippen LogP contribution in [0, 0.1) is 6.92 Å². The van der Waals surface area contributed by atoms with Gasteiger partial charge in [-0.25, -0.2) is 9.97 Å². The summed E-state index contributed by atoms with van der Waals surface area (Å²) in [7, 11) is 0. The molecule has 0 spiro atoms. The Hall–Kier alpha value is -1.98. The first kappa shape index (κ1) is 13.7. The van der Waals surface area contributed by atoms with Crippen LogP contribution in [-0.4, -0.2) is 36.3 Å². The largest absolute Gasteiger partial charge is 0.378 e. The Bertz CT molecular complexity index is 794. The Balaban J connectivity index is 1.89. The molecule has 0 saturated carbocycles. The Morgan fingerprint density at radius 1 is 1.09 bits per heavy atom. The predicted octanol–water partition coefficient (Wildman–Crippen LogP) is 3.50. The number of thiophene rings is 1. The van der Waals surface area contributed by atoms with Crippen LogP contribution in [0.15, 0.2) is 36.4 Å². The minimum atomic E-state index is 0.759. The lowest BCUT2D eigenvalue weighted by atomic mass is 10.2. The summed E-state index contributed by atoms with van der Waals surface area (Å²) < 4.78 is 5.47. The maximum absolute atomic E-state index is 5.47. The van der Waals surface area contributed by atoms with Crippen LogP contribution in [0.1, 0.15) is 4.88 Å². The topological polar surface area (TPSA) is 38.2 Å². The van der Waals surface area contributed by atoms with Gasteiger partial charge in [-0.05, 0) is 13.0 Å². The van der Waals surface area contributed by atoms with Crippen molar-refractivity contribution in [3.63, 3.8) is 0 Å². The van der Waals surface area contributed by atoms with Gasteiger partial charge in [0.2, 0.25) is 0 Å². The lowest BCUT2D eigenvalue weighted by Crippen LogP contribution is -2.37. The predicted molar refractivity (Wildman–Crippen MR) is 90.6 cm³/mol. The summed E-state index contributed by atoms with van der Waals surface area (Å²) in [5.41, 5.74) is 1.06. The van der Waals surface area contributed by atoms with Gasteiger partial charge in [-0.1, -0.05) is 30.3 Å². The van der Waals surface area contributed by atoms with Crippen LogP contribution in [0.2, 0.25) is 0 Å². The van der Waals surface area contributed by atoms with Crippen molar-refractivity contribution in [3.8, 4) is 11.4 Å². The number of anilines is 1. The molecule has 0 amide bonds. The van der Waals surface area contributed by atoms with Gasteiger partial charge in [0.15, 0.2) is 5.82 Å². The first-order chi connectivity index (χ1) is 10.8. The van der Waals surface area contributed by atoms with Crippen molar-refractivity contribution >= 4 is 27.4 Å². The molecule has 0 N–H and O–H groups in total. The van der Waals surface area contributed by atoms with Gasteiger partial charge in [-0.15, -0.1) is 11.3 Å². The smallest absolute Gasteiger partial charge is 0.163 e. The molecule has 2 aromatic heterocycles. The van der Waals surface area contributed by atoms with E-state index in [4.69, 9.17) is 14.7 Å². The van der Waals surface area contributed by atoms with Gasteiger partial charge in [0.1, 0.15) is 10.6 Å². The first-order valence-corrected chi connectivity index (χ1v) is 8.29. The lowest BCUT2D eigenvalue weighted by molar-refractivity contribution is 0.122. The number of benzene rings is 1. The first-order valence-electron chi connectivity index (χ1n) is 7.47. The molecule has 4 nitrogen and oxygen atoms in total. The zero-order valence-electron chi connectivity index (χ0n) is 12.5. The van der Waals surface area contributed by atoms with Gasteiger partial charge in [0, 0.05) is 23.5 Å². The second kappa shape index (κ2) is 5.66. The average molecular weight is 311 g/mol. The third-order valence-electron chi connectivity index (χ3n) is 3.84. The number of aryl methyl sites for hydroxylation is 1. The SMILES string of the molecule is Cc1cc2c(N3CCOCC3)nc(-c3ccccc3)nc2s1. The number of hydrogen-bond donors (Lipinski definition) is 0. The highest BCUT2D eigenvalue weighted by Gasteiger charge is 2.19. The van der Waals surface area contributed by atoms with Gasteiger partial charge in [0.05, 0.1) is 18.6 Å². The number of hydrogen-bond acceptors (Lipinski definition) is 5. The zero-order valence-corrected chi connectivity index (χ0v) is 13.3. The molecular formula is C17H17N3OS. The summed E-state index contributed by atoms with van der Waals surface area (Å²) >= 11 is 1.73. The van der Waals surface area contributed by atoms with Crippen molar-refractivity contribution in [3.05, 3.63) is 41.3 Å². The molecule has 0 aliphatic carbocycles. The number of fused-ring (bicyclic) bond motifs is 1. The molecule has 1 aromatic carbocycles. The van der Waals surface area contributed by atoms with Crippen LogP contribution in [0.4, 0.5) is 5.82 Å². The average Bonchev–Trinajstić information content (AvgIpc) is 2.95. The fraction of sp³-hybridized carbons (Fsp3) is 0.294. The second-order valence-electron chi connectivity index (χ2n) is 5.41. The van der Waals surface area contributed by atoms with Crippen LogP contribution in [0.5, 0.6) is 0 Å². The van der Waals surface area contributed by atoms with Gasteiger partial charge in [-0.3, -0.25) is 0 Å². The molecule has 0 bridgehead atoms. The molecule has 1 fully saturated rings. The third-order valence-corrected chi connectivity index (χ3v) is 4.78. The van der Waals surface area contributed by atoms with E-state index in [0.717, 1.165) is 53.7 Å². The molecule has 1 saturated heterocycles. The minimum absolute atomic E-state index is 0.759. The number of ether oxygens (including phenoxy) is 1. The molecule has 1 aliphatic rings. The van der Waals surface area contributed by atoms with E-state index >= 15 is 0 Å². The summed E-state index contributed by atoms with van der Waals surface area (Å²) in [6.07, 6.45) is 0. The molecule has 3 heterocycles. The highest BCUT2D eigenvalue weighted by atomic mass is 32.1.